The van der Waals surface area contributed by atoms with Gasteiger partial charge in [0.15, 0.2) is 5.78 Å². The molecule has 0 amide bonds. The third-order valence-corrected chi connectivity index (χ3v) is 3.65. The van der Waals surface area contributed by atoms with Crippen molar-refractivity contribution in [3.05, 3.63) is 23.3 Å². The Morgan fingerprint density at radius 3 is 2.93 bits per heavy atom. The first kappa shape index (κ1) is 9.70. The van der Waals surface area contributed by atoms with Crippen molar-refractivity contribution in [2.24, 2.45) is 5.41 Å². The van der Waals surface area contributed by atoms with E-state index in [1.165, 1.54) is 18.4 Å². The van der Waals surface area contributed by atoms with Gasteiger partial charge in [-0.1, -0.05) is 19.1 Å². The van der Waals surface area contributed by atoms with E-state index in [1.54, 1.807) is 0 Å². The highest BCUT2D eigenvalue weighted by Gasteiger charge is 2.39. The molecule has 0 spiro atoms. The third-order valence-electron chi connectivity index (χ3n) is 3.65. The van der Waals surface area contributed by atoms with Crippen LogP contribution in [0.25, 0.3) is 0 Å². The number of carbonyl (C=O) groups excluding carboxylic acids is 1. The summed E-state index contributed by atoms with van der Waals surface area (Å²) in [6.45, 7) is 4.34. The molecule has 0 N–H and O–H groups in total. The average molecular weight is 190 g/mol. The van der Waals surface area contributed by atoms with E-state index in [-0.39, 0.29) is 5.41 Å². The van der Waals surface area contributed by atoms with Crippen LogP contribution < -0.4 is 0 Å². The largest absolute Gasteiger partial charge is 0.295 e. The molecule has 1 heteroatoms. The minimum atomic E-state index is 0.186. The minimum Gasteiger partial charge on any atom is -0.295 e. The summed E-state index contributed by atoms with van der Waals surface area (Å²) < 4.78 is 0. The molecular formula is C13H18O. The van der Waals surface area contributed by atoms with Crippen LogP contribution in [0.2, 0.25) is 0 Å². The number of hydrogen-bond donors (Lipinski definition) is 0. The summed E-state index contributed by atoms with van der Waals surface area (Å²) in [7, 11) is 0. The van der Waals surface area contributed by atoms with Crippen LogP contribution in [0.3, 0.4) is 0 Å². The van der Waals surface area contributed by atoms with E-state index < -0.39 is 0 Å². The van der Waals surface area contributed by atoms with Crippen molar-refractivity contribution in [2.45, 2.75) is 46.0 Å². The van der Waals surface area contributed by atoms with Crippen LogP contribution in [-0.2, 0) is 4.79 Å². The highest BCUT2D eigenvalue weighted by molar-refractivity contribution is 6.00. The summed E-state index contributed by atoms with van der Waals surface area (Å²) in [6.07, 6.45) is 9.72. The predicted molar refractivity (Wildman–Crippen MR) is 58.0 cm³/mol. The molecule has 1 saturated carbocycles. The number of fused-ring (bicyclic) bond motifs is 1. The normalized spacial score (nSPS) is 40.3. The van der Waals surface area contributed by atoms with Gasteiger partial charge in [-0.05, 0) is 43.6 Å². The van der Waals surface area contributed by atoms with Gasteiger partial charge in [0.05, 0.1) is 0 Å². The van der Waals surface area contributed by atoms with Gasteiger partial charge in [0.1, 0.15) is 0 Å². The predicted octanol–water partition coefficient (Wildman–Crippen LogP) is 3.41. The maximum Gasteiger partial charge on any atom is 0.159 e. The maximum atomic E-state index is 11.8. The summed E-state index contributed by atoms with van der Waals surface area (Å²) >= 11 is 0. The quantitative estimate of drug-likeness (QED) is 0.572. The molecule has 0 heterocycles. The summed E-state index contributed by atoms with van der Waals surface area (Å²) in [4.78, 5) is 11.8. The minimum absolute atomic E-state index is 0.186. The van der Waals surface area contributed by atoms with Crippen LogP contribution >= 0.6 is 0 Å². The Balaban J connectivity index is 2.48. The van der Waals surface area contributed by atoms with E-state index in [0.717, 1.165) is 24.8 Å². The van der Waals surface area contributed by atoms with Crippen molar-refractivity contribution >= 4 is 5.78 Å². The van der Waals surface area contributed by atoms with Crippen LogP contribution in [0.15, 0.2) is 23.3 Å². The summed E-state index contributed by atoms with van der Waals surface area (Å²) in [5.74, 6) is 0.386. The molecule has 1 nitrogen and oxygen atoms in total. The molecule has 0 aromatic rings. The lowest BCUT2D eigenvalue weighted by molar-refractivity contribution is -0.114. The molecule has 14 heavy (non-hydrogen) atoms. The van der Waals surface area contributed by atoms with Crippen molar-refractivity contribution in [1.29, 1.82) is 0 Å². The van der Waals surface area contributed by atoms with Gasteiger partial charge >= 0.3 is 0 Å². The first-order valence-corrected chi connectivity index (χ1v) is 5.55. The molecule has 1 unspecified atom stereocenters. The van der Waals surface area contributed by atoms with Crippen LogP contribution in [0, 0.1) is 5.41 Å². The van der Waals surface area contributed by atoms with E-state index in [4.69, 9.17) is 0 Å². The molecule has 0 radical (unpaired) electrons. The molecule has 2 rings (SSSR count). The van der Waals surface area contributed by atoms with Crippen molar-refractivity contribution in [2.75, 3.05) is 0 Å². The zero-order valence-corrected chi connectivity index (χ0v) is 9.10. The molecule has 2 aliphatic carbocycles. The van der Waals surface area contributed by atoms with E-state index in [1.807, 2.05) is 0 Å². The maximum absolute atomic E-state index is 11.8. The fourth-order valence-electron chi connectivity index (χ4n) is 2.88. The first-order chi connectivity index (χ1) is 6.63. The topological polar surface area (TPSA) is 17.1 Å². The van der Waals surface area contributed by atoms with Crippen LogP contribution in [0.1, 0.15) is 46.0 Å². The van der Waals surface area contributed by atoms with Gasteiger partial charge < -0.3 is 0 Å². The number of rotatable bonds is 0. The Kier molecular flexibility index (Phi) is 2.34. The highest BCUT2D eigenvalue weighted by Crippen LogP contribution is 2.46. The monoisotopic (exact) mass is 190 g/mol. The van der Waals surface area contributed by atoms with Gasteiger partial charge in [0, 0.05) is 12.0 Å². The van der Waals surface area contributed by atoms with Crippen molar-refractivity contribution in [3.63, 3.8) is 0 Å². The van der Waals surface area contributed by atoms with Gasteiger partial charge in [-0.25, -0.2) is 0 Å². The molecule has 0 saturated heterocycles. The number of hydrogen-bond acceptors (Lipinski definition) is 1. The summed E-state index contributed by atoms with van der Waals surface area (Å²) in [5, 5.41) is 0. The lowest BCUT2D eigenvalue weighted by Gasteiger charge is -2.27. The van der Waals surface area contributed by atoms with Gasteiger partial charge in [-0.2, -0.15) is 0 Å². The lowest BCUT2D eigenvalue weighted by atomic mass is 9.77. The SMILES string of the molecule is CC1=C2\C(=O)CCC2(C)CCC/C=C\1. The second-order valence-electron chi connectivity index (χ2n) is 4.84. The van der Waals surface area contributed by atoms with E-state index in [9.17, 15) is 4.79 Å². The van der Waals surface area contributed by atoms with Gasteiger partial charge in [0.2, 0.25) is 0 Å². The fourth-order valence-corrected chi connectivity index (χ4v) is 2.88. The third kappa shape index (κ3) is 1.45. The first-order valence-electron chi connectivity index (χ1n) is 5.55. The fraction of sp³-hybridized carbons (Fsp3) is 0.615. The Bertz CT molecular complexity index is 322. The molecule has 1 atom stereocenters. The Morgan fingerprint density at radius 1 is 1.36 bits per heavy atom. The molecule has 0 aliphatic heterocycles. The van der Waals surface area contributed by atoms with Crippen LogP contribution in [-0.4, -0.2) is 5.78 Å². The molecule has 76 valence electrons. The Hall–Kier alpha value is -0.850. The standard InChI is InChI=1S/C13H18O/c1-10-6-4-3-5-8-13(2)9-7-11(14)12(10)13/h4,6H,3,5,7-9H2,1-2H3/b6-4-,12-10-. The molecule has 0 bridgehead atoms. The number of Topliss-reactive ketones (excluding diaryl/α,β-unsaturated/α-hetero) is 1. The lowest BCUT2D eigenvalue weighted by Crippen LogP contribution is -2.18. The second-order valence-corrected chi connectivity index (χ2v) is 4.84. The second kappa shape index (κ2) is 3.38. The van der Waals surface area contributed by atoms with E-state index in [2.05, 4.69) is 26.0 Å². The van der Waals surface area contributed by atoms with Gasteiger partial charge in [-0.3, -0.25) is 4.79 Å². The van der Waals surface area contributed by atoms with E-state index >= 15 is 0 Å². The highest BCUT2D eigenvalue weighted by atomic mass is 16.1. The zero-order valence-electron chi connectivity index (χ0n) is 9.10. The van der Waals surface area contributed by atoms with Crippen molar-refractivity contribution in [1.82, 2.24) is 0 Å². The number of ketones is 1. The van der Waals surface area contributed by atoms with Gasteiger partial charge in [0.25, 0.3) is 0 Å². The molecule has 2 aliphatic rings. The van der Waals surface area contributed by atoms with Crippen molar-refractivity contribution < 1.29 is 4.79 Å². The van der Waals surface area contributed by atoms with E-state index in [0.29, 0.717) is 5.78 Å². The number of carbonyl (C=O) groups is 1. The molecule has 0 aromatic heterocycles. The molecule has 1 fully saturated rings. The number of allylic oxidation sites excluding steroid dienone is 4. The molecule has 0 aromatic carbocycles. The molecular weight excluding hydrogens is 172 g/mol. The Morgan fingerprint density at radius 2 is 2.14 bits per heavy atom. The summed E-state index contributed by atoms with van der Waals surface area (Å²) in [5.41, 5.74) is 2.51. The van der Waals surface area contributed by atoms with Gasteiger partial charge in [-0.15, -0.1) is 0 Å². The smallest absolute Gasteiger partial charge is 0.159 e. The van der Waals surface area contributed by atoms with Crippen LogP contribution in [0.5, 0.6) is 0 Å². The van der Waals surface area contributed by atoms with Crippen molar-refractivity contribution in [3.8, 4) is 0 Å². The summed E-state index contributed by atoms with van der Waals surface area (Å²) in [6, 6.07) is 0. The van der Waals surface area contributed by atoms with Crippen LogP contribution in [0.4, 0.5) is 0 Å². The Labute approximate surface area is 85.9 Å². The zero-order chi connectivity index (χ0) is 10.2. The average Bonchev–Trinajstić information content (AvgIpc) is 2.39.